The molecule has 0 radical (unpaired) electrons. The predicted molar refractivity (Wildman–Crippen MR) is 106 cm³/mol. The highest BCUT2D eigenvalue weighted by Gasteiger charge is 2.57. The lowest BCUT2D eigenvalue weighted by molar-refractivity contribution is -0.159. The second kappa shape index (κ2) is 8.08. The van der Waals surface area contributed by atoms with Gasteiger partial charge in [0, 0.05) is 0 Å². The number of hydrogen-bond donors (Lipinski definition) is 2. The van der Waals surface area contributed by atoms with Crippen LogP contribution in [0.1, 0.15) is 26.3 Å². The molecule has 156 valence electrons. The van der Waals surface area contributed by atoms with E-state index in [0.29, 0.717) is 0 Å². The molecule has 2 unspecified atom stereocenters. The fourth-order valence-electron chi connectivity index (χ4n) is 3.30. The summed E-state index contributed by atoms with van der Waals surface area (Å²) in [5, 5.41) is 11.4. The summed E-state index contributed by atoms with van der Waals surface area (Å²) in [5.41, 5.74) is 0.102. The van der Waals surface area contributed by atoms with Gasteiger partial charge in [-0.25, -0.2) is 4.79 Å². The fraction of sp³-hybridized carbons (Fsp3) is 0.450. The minimum atomic E-state index is -1.57. The molecule has 1 aromatic carbocycles. The molecule has 0 saturated carbocycles. The Bertz CT molecular complexity index is 890. The van der Waals surface area contributed by atoms with E-state index in [2.05, 4.69) is 5.32 Å². The third-order valence-electron chi connectivity index (χ3n) is 4.51. The molecule has 0 aromatic heterocycles. The maximum Gasteiger partial charge on any atom is 0.355 e. The molecule has 3 rings (SSSR count). The smallest absolute Gasteiger partial charge is 0.355 e. The van der Waals surface area contributed by atoms with Gasteiger partial charge in [0.05, 0.1) is 29.6 Å². The van der Waals surface area contributed by atoms with Crippen molar-refractivity contribution >= 4 is 28.6 Å². The molecule has 1 saturated heterocycles. The zero-order chi connectivity index (χ0) is 21.3. The van der Waals surface area contributed by atoms with Crippen molar-refractivity contribution in [1.29, 1.82) is 0 Å². The molecule has 0 aliphatic carbocycles. The number of aliphatic hydroxyl groups excluding tert-OH is 1. The van der Waals surface area contributed by atoms with E-state index in [1.807, 2.05) is 18.2 Å². The molecule has 2 heterocycles. The Morgan fingerprint density at radius 2 is 1.93 bits per heavy atom. The molecular formula is C20H24N2O6S. The van der Waals surface area contributed by atoms with Crippen LogP contribution in [-0.2, 0) is 36.3 Å². The third-order valence-corrected chi connectivity index (χ3v) is 6.17. The van der Waals surface area contributed by atoms with Crippen LogP contribution < -0.4 is 5.32 Å². The van der Waals surface area contributed by atoms with Crippen molar-refractivity contribution in [3.05, 3.63) is 47.2 Å². The van der Waals surface area contributed by atoms with E-state index in [9.17, 15) is 23.7 Å². The number of carbonyl (C=O) groups is 3. The predicted octanol–water partition coefficient (Wildman–Crippen LogP) is 0.233. The fourth-order valence-corrected chi connectivity index (χ4v) is 4.97. The first-order valence-corrected chi connectivity index (χ1v) is 10.6. The topological polar surface area (TPSA) is 113 Å². The van der Waals surface area contributed by atoms with Crippen molar-refractivity contribution in [2.75, 3.05) is 12.4 Å². The summed E-state index contributed by atoms with van der Waals surface area (Å²) in [4.78, 5) is 38.8. The number of nitrogens with one attached hydrogen (secondary N) is 1. The maximum atomic E-state index is 12.7. The Morgan fingerprint density at radius 3 is 2.52 bits per heavy atom. The summed E-state index contributed by atoms with van der Waals surface area (Å²) in [6.45, 7) is 4.55. The number of β-lactam (4-membered cyclic amide) rings is 1. The van der Waals surface area contributed by atoms with Gasteiger partial charge in [0.1, 0.15) is 22.7 Å². The first-order valence-electron chi connectivity index (χ1n) is 9.22. The number of aliphatic hydroxyl groups is 1. The highest BCUT2D eigenvalue weighted by Crippen LogP contribution is 2.35. The molecule has 1 fully saturated rings. The average Bonchev–Trinajstić information content (AvgIpc) is 2.64. The number of fused-ring (bicyclic) bond motifs is 1. The summed E-state index contributed by atoms with van der Waals surface area (Å²) in [6, 6.07) is 8.06. The van der Waals surface area contributed by atoms with E-state index in [1.54, 1.807) is 32.9 Å². The van der Waals surface area contributed by atoms with Gasteiger partial charge in [0.25, 0.3) is 5.91 Å². The number of benzene rings is 1. The molecule has 2 aliphatic rings. The Kier molecular flexibility index (Phi) is 5.90. The van der Waals surface area contributed by atoms with Gasteiger partial charge >= 0.3 is 5.97 Å². The van der Waals surface area contributed by atoms with E-state index >= 15 is 0 Å². The monoisotopic (exact) mass is 420 g/mol. The van der Waals surface area contributed by atoms with Crippen LogP contribution in [0.15, 0.2) is 41.6 Å². The maximum absolute atomic E-state index is 12.7. The van der Waals surface area contributed by atoms with Gasteiger partial charge in [-0.1, -0.05) is 30.3 Å². The van der Waals surface area contributed by atoms with E-state index < -0.39 is 46.3 Å². The first kappa shape index (κ1) is 21.2. The number of hydrogen-bond acceptors (Lipinski definition) is 6. The van der Waals surface area contributed by atoms with Crippen LogP contribution in [0.4, 0.5) is 0 Å². The lowest BCUT2D eigenvalue weighted by atomic mass is 10.0. The molecule has 2 aliphatic heterocycles. The molecule has 0 bridgehead atoms. The van der Waals surface area contributed by atoms with Crippen molar-refractivity contribution in [2.45, 2.75) is 44.2 Å². The zero-order valence-electron chi connectivity index (χ0n) is 16.5. The van der Waals surface area contributed by atoms with Gasteiger partial charge in [0.2, 0.25) is 5.91 Å². The largest absolute Gasteiger partial charge is 0.455 e. The number of amides is 2. The Morgan fingerprint density at radius 1 is 1.28 bits per heavy atom. The van der Waals surface area contributed by atoms with Crippen molar-refractivity contribution in [3.63, 3.8) is 0 Å². The molecule has 29 heavy (non-hydrogen) atoms. The minimum absolute atomic E-state index is 0.0649. The zero-order valence-corrected chi connectivity index (χ0v) is 17.3. The summed E-state index contributed by atoms with van der Waals surface area (Å²) in [5.74, 6) is -1.74. The summed E-state index contributed by atoms with van der Waals surface area (Å²) in [7, 11) is -1.57. The normalized spacial score (nSPS) is 23.9. The van der Waals surface area contributed by atoms with Gasteiger partial charge in [-0.3, -0.25) is 18.7 Å². The van der Waals surface area contributed by atoms with Crippen LogP contribution in [0.2, 0.25) is 0 Å². The molecular weight excluding hydrogens is 396 g/mol. The number of nitrogens with zero attached hydrogens (tertiary/aromatic N) is 1. The van der Waals surface area contributed by atoms with Crippen LogP contribution in [0.25, 0.3) is 0 Å². The van der Waals surface area contributed by atoms with Gasteiger partial charge < -0.3 is 15.2 Å². The first-order chi connectivity index (χ1) is 13.6. The highest BCUT2D eigenvalue weighted by molar-refractivity contribution is 7.86. The van der Waals surface area contributed by atoms with Gasteiger partial charge in [-0.15, -0.1) is 0 Å². The SMILES string of the molecule is CC(C)(C)OC(=O)C1=C(CO)CS(=O)[C@@H]2C(NC(=O)Cc3ccccc3)C(=O)N12. The molecule has 2 N–H and O–H groups in total. The minimum Gasteiger partial charge on any atom is -0.455 e. The Balaban J connectivity index is 1.78. The summed E-state index contributed by atoms with van der Waals surface area (Å²) >= 11 is 0. The number of rotatable bonds is 5. The van der Waals surface area contributed by atoms with E-state index in [1.165, 1.54) is 0 Å². The molecule has 8 nitrogen and oxygen atoms in total. The van der Waals surface area contributed by atoms with Crippen LogP contribution in [-0.4, -0.2) is 61.4 Å². The van der Waals surface area contributed by atoms with Crippen molar-refractivity contribution in [1.82, 2.24) is 10.2 Å². The number of ether oxygens (including phenoxy) is 1. The average molecular weight is 420 g/mol. The second-order valence-electron chi connectivity index (χ2n) is 7.94. The molecule has 0 spiro atoms. The van der Waals surface area contributed by atoms with Crippen LogP contribution in [0.3, 0.4) is 0 Å². The van der Waals surface area contributed by atoms with Gasteiger partial charge in [-0.05, 0) is 31.9 Å². The number of esters is 1. The van der Waals surface area contributed by atoms with E-state index in [0.717, 1.165) is 10.5 Å². The van der Waals surface area contributed by atoms with Crippen LogP contribution in [0, 0.1) is 0 Å². The van der Waals surface area contributed by atoms with Crippen molar-refractivity contribution in [3.8, 4) is 0 Å². The summed E-state index contributed by atoms with van der Waals surface area (Å²) < 4.78 is 18.0. The molecule has 9 heteroatoms. The molecule has 1 aromatic rings. The third kappa shape index (κ3) is 4.40. The van der Waals surface area contributed by atoms with Gasteiger partial charge in [0.15, 0.2) is 0 Å². The van der Waals surface area contributed by atoms with E-state index in [-0.39, 0.29) is 29.4 Å². The Hall–Kier alpha value is -2.52. The quantitative estimate of drug-likeness (QED) is 0.521. The molecule has 3 atom stereocenters. The lowest BCUT2D eigenvalue weighted by Crippen LogP contribution is -2.73. The molecule has 2 amide bonds. The highest BCUT2D eigenvalue weighted by atomic mass is 32.2. The van der Waals surface area contributed by atoms with Gasteiger partial charge in [-0.2, -0.15) is 0 Å². The lowest BCUT2D eigenvalue weighted by Gasteiger charge is -2.49. The van der Waals surface area contributed by atoms with Crippen LogP contribution in [0.5, 0.6) is 0 Å². The number of carbonyl (C=O) groups excluding carboxylic acids is 3. The summed E-state index contributed by atoms with van der Waals surface area (Å²) in [6.07, 6.45) is 0.0840. The van der Waals surface area contributed by atoms with Crippen molar-refractivity contribution in [2.24, 2.45) is 0 Å². The second-order valence-corrected chi connectivity index (χ2v) is 9.48. The van der Waals surface area contributed by atoms with E-state index in [4.69, 9.17) is 4.74 Å². The standard InChI is InChI=1S/C20H24N2O6S/c1-20(2,3)28-19(26)16-13(10-23)11-29(27)18-15(17(25)22(16)18)21-14(24)9-12-7-5-4-6-8-12/h4-8,15,18,23H,9-11H2,1-3H3,(H,21,24)/t15?,18-,29?/m1/s1. The van der Waals surface area contributed by atoms with Crippen molar-refractivity contribution < 1.29 is 28.4 Å². The van der Waals surface area contributed by atoms with Crippen LogP contribution >= 0.6 is 0 Å². The Labute approximate surface area is 171 Å².